The van der Waals surface area contributed by atoms with Gasteiger partial charge in [0.2, 0.25) is 0 Å². The van der Waals surface area contributed by atoms with Crippen LogP contribution in [0.1, 0.15) is 0 Å². The van der Waals surface area contributed by atoms with Gasteiger partial charge in [0.1, 0.15) is 0 Å². The average molecular weight is 969 g/mol. The molecule has 0 spiro atoms. The van der Waals surface area contributed by atoms with Gasteiger partial charge < -0.3 is 18.3 Å². The predicted molar refractivity (Wildman–Crippen MR) is 316 cm³/mol. The van der Waals surface area contributed by atoms with E-state index in [1.165, 1.54) is 48.9 Å². The van der Waals surface area contributed by atoms with Crippen molar-refractivity contribution < 1.29 is 0 Å². The van der Waals surface area contributed by atoms with Crippen molar-refractivity contribution in [2.75, 3.05) is 0 Å². The number of para-hydroxylation sites is 5. The van der Waals surface area contributed by atoms with E-state index in [4.69, 9.17) is 9.97 Å². The van der Waals surface area contributed by atoms with Gasteiger partial charge in [-0.15, -0.1) is 0 Å². The van der Waals surface area contributed by atoms with E-state index in [0.717, 1.165) is 89.2 Å². The highest BCUT2D eigenvalue weighted by Crippen LogP contribution is 2.47. The van der Waals surface area contributed by atoms with Crippen LogP contribution in [-0.4, -0.2) is 28.2 Å². The third kappa shape index (κ3) is 6.22. The zero-order chi connectivity index (χ0) is 49.8. The Morgan fingerprint density at radius 1 is 0.237 bits per heavy atom. The van der Waals surface area contributed by atoms with Crippen molar-refractivity contribution in [3.05, 3.63) is 267 Å². The van der Waals surface area contributed by atoms with Gasteiger partial charge in [0.15, 0.2) is 5.82 Å². The van der Waals surface area contributed by atoms with Gasteiger partial charge in [0.25, 0.3) is 0 Å². The monoisotopic (exact) mass is 968 g/mol. The van der Waals surface area contributed by atoms with Gasteiger partial charge >= 0.3 is 0 Å². The van der Waals surface area contributed by atoms with Crippen LogP contribution >= 0.6 is 0 Å². The molecule has 354 valence electrons. The van der Waals surface area contributed by atoms with E-state index in [2.05, 4.69) is 279 Å². The summed E-state index contributed by atoms with van der Waals surface area (Å²) in [5, 5.41) is 9.48. The summed E-state index contributed by atoms with van der Waals surface area (Å²) in [6.45, 7) is 0. The highest BCUT2D eigenvalue weighted by atomic mass is 15.0. The second-order valence-corrected chi connectivity index (χ2v) is 19.7. The van der Waals surface area contributed by atoms with E-state index < -0.39 is 0 Å². The van der Waals surface area contributed by atoms with Gasteiger partial charge in [-0.2, -0.15) is 0 Å². The lowest BCUT2D eigenvalue weighted by molar-refractivity contribution is 1.16. The van der Waals surface area contributed by atoms with Crippen LogP contribution in [0.5, 0.6) is 0 Å². The minimum atomic E-state index is 0.687. The molecular formula is C70H44N6. The van der Waals surface area contributed by atoms with Crippen molar-refractivity contribution in [2.45, 2.75) is 0 Å². The third-order valence-electron chi connectivity index (χ3n) is 15.5. The standard InChI is InChI=1S/C70H44N6/c1-6-21-45(22-7-1)57-44-58(72-70(71-57)46-23-8-2-9-24-46)52-33-20-36-62-65(52)55-39-42-64-67(54-32-17-19-35-60(54)74(64)48-27-12-4-13-28-48)69(55)76(62)50-37-40-61-56(43-50)51-38-41-63-66(68(51)75(61)49-29-14-5-15-30-49)53-31-16-18-34-59(53)73(63)47-25-10-3-11-26-47/h1-44H. The third-order valence-corrected chi connectivity index (χ3v) is 15.5. The molecule has 5 aromatic heterocycles. The largest absolute Gasteiger partial charge is 0.309 e. The Labute approximate surface area is 436 Å². The van der Waals surface area contributed by atoms with Gasteiger partial charge in [-0.05, 0) is 91.0 Å². The molecule has 5 heterocycles. The molecule has 76 heavy (non-hydrogen) atoms. The van der Waals surface area contributed by atoms with Crippen LogP contribution in [0, 0.1) is 0 Å². The van der Waals surface area contributed by atoms with Crippen molar-refractivity contribution in [2.24, 2.45) is 0 Å². The first-order valence-electron chi connectivity index (χ1n) is 25.9. The molecule has 0 bridgehead atoms. The first-order chi connectivity index (χ1) is 37.7. The van der Waals surface area contributed by atoms with Gasteiger partial charge in [-0.3, -0.25) is 0 Å². The number of benzene rings is 11. The number of rotatable bonds is 7. The summed E-state index contributed by atoms with van der Waals surface area (Å²) in [6.07, 6.45) is 0. The Bertz CT molecular complexity index is 4890. The Kier molecular flexibility index (Phi) is 9.23. The van der Waals surface area contributed by atoms with Gasteiger partial charge in [-0.1, -0.05) is 176 Å². The van der Waals surface area contributed by atoms with E-state index in [1.54, 1.807) is 0 Å². The van der Waals surface area contributed by atoms with Gasteiger partial charge in [-0.25, -0.2) is 9.97 Å². The molecule has 0 fully saturated rings. The van der Waals surface area contributed by atoms with Crippen molar-refractivity contribution in [3.63, 3.8) is 0 Å². The Morgan fingerprint density at radius 3 is 1.28 bits per heavy atom. The second-order valence-electron chi connectivity index (χ2n) is 19.7. The van der Waals surface area contributed by atoms with Gasteiger partial charge in [0.05, 0.1) is 55.5 Å². The van der Waals surface area contributed by atoms with E-state index in [-0.39, 0.29) is 0 Å². The molecule has 0 radical (unpaired) electrons. The van der Waals surface area contributed by atoms with Crippen LogP contribution in [0.15, 0.2) is 267 Å². The van der Waals surface area contributed by atoms with Crippen molar-refractivity contribution >= 4 is 87.2 Å². The summed E-state index contributed by atoms with van der Waals surface area (Å²) in [6, 6.07) is 96.2. The molecular weight excluding hydrogens is 925 g/mol. The summed E-state index contributed by atoms with van der Waals surface area (Å²) in [7, 11) is 0. The highest BCUT2D eigenvalue weighted by molar-refractivity contribution is 6.29. The van der Waals surface area contributed by atoms with E-state index in [9.17, 15) is 0 Å². The average Bonchev–Trinajstić information content (AvgIpc) is 4.39. The Balaban J connectivity index is 1.04. The van der Waals surface area contributed by atoms with Crippen LogP contribution in [-0.2, 0) is 0 Å². The van der Waals surface area contributed by atoms with Crippen LogP contribution in [0.3, 0.4) is 0 Å². The molecule has 0 unspecified atom stereocenters. The van der Waals surface area contributed by atoms with Gasteiger partial charge in [0, 0.05) is 82.5 Å². The van der Waals surface area contributed by atoms with Crippen LogP contribution in [0.2, 0.25) is 0 Å². The number of aromatic nitrogens is 6. The van der Waals surface area contributed by atoms with E-state index in [0.29, 0.717) is 5.82 Å². The fourth-order valence-corrected chi connectivity index (χ4v) is 12.4. The molecule has 6 heteroatoms. The van der Waals surface area contributed by atoms with Crippen molar-refractivity contribution in [1.82, 2.24) is 28.2 Å². The zero-order valence-corrected chi connectivity index (χ0v) is 41.1. The Morgan fingerprint density at radius 2 is 0.671 bits per heavy atom. The minimum absolute atomic E-state index is 0.687. The van der Waals surface area contributed by atoms with E-state index >= 15 is 0 Å². The van der Waals surface area contributed by atoms with Crippen LogP contribution in [0.4, 0.5) is 0 Å². The summed E-state index contributed by atoms with van der Waals surface area (Å²) in [5.74, 6) is 0.687. The fraction of sp³-hybridized carbons (Fsp3) is 0. The second kappa shape index (κ2) is 16.6. The molecule has 16 aromatic rings. The summed E-state index contributed by atoms with van der Waals surface area (Å²) < 4.78 is 9.85. The lowest BCUT2D eigenvalue weighted by atomic mass is 10.0. The SMILES string of the molecule is c1ccc(-c2cc(-c3cccc4c3c3ccc5c(c6ccccc6n5-c5ccccc5)c3n4-c3ccc4c(c3)c3ccc5c(c6ccccc6n5-c5ccccc5)c3n4-c3ccccc3)nc(-c3ccccc3)n2)cc1. The molecule has 11 aromatic carbocycles. The zero-order valence-electron chi connectivity index (χ0n) is 41.1. The summed E-state index contributed by atoms with van der Waals surface area (Å²) in [4.78, 5) is 10.6. The molecule has 0 aliphatic heterocycles. The lowest BCUT2D eigenvalue weighted by Crippen LogP contribution is -1.97. The number of hydrogen-bond acceptors (Lipinski definition) is 2. The number of nitrogens with zero attached hydrogens (tertiary/aromatic N) is 6. The topological polar surface area (TPSA) is 45.5 Å². The first-order valence-corrected chi connectivity index (χ1v) is 25.9. The first kappa shape index (κ1) is 42.2. The molecule has 0 aliphatic rings. The summed E-state index contributed by atoms with van der Waals surface area (Å²) in [5.41, 5.74) is 18.5. The smallest absolute Gasteiger partial charge is 0.160 e. The highest BCUT2D eigenvalue weighted by Gasteiger charge is 2.26. The fourth-order valence-electron chi connectivity index (χ4n) is 12.4. The molecule has 16 rings (SSSR count). The van der Waals surface area contributed by atoms with Crippen molar-refractivity contribution in [3.8, 4) is 56.7 Å². The molecule has 6 nitrogen and oxygen atoms in total. The normalized spacial score (nSPS) is 11.9. The lowest BCUT2D eigenvalue weighted by Gasteiger charge is -2.12. The molecule has 0 atom stereocenters. The quantitative estimate of drug-likeness (QED) is 0.160. The number of fused-ring (bicyclic) bond motifs is 14. The molecule has 0 aliphatic carbocycles. The molecule has 0 saturated heterocycles. The summed E-state index contributed by atoms with van der Waals surface area (Å²) >= 11 is 0. The molecule has 0 amide bonds. The van der Waals surface area contributed by atoms with Crippen LogP contribution in [0.25, 0.3) is 144 Å². The Hall–Kier alpha value is -10.3. The van der Waals surface area contributed by atoms with Crippen molar-refractivity contribution in [1.29, 1.82) is 0 Å². The molecule has 0 saturated carbocycles. The maximum Gasteiger partial charge on any atom is 0.160 e. The maximum absolute atomic E-state index is 5.44. The van der Waals surface area contributed by atoms with Crippen LogP contribution < -0.4 is 0 Å². The van der Waals surface area contributed by atoms with E-state index in [1.807, 2.05) is 6.07 Å². The number of hydrogen-bond donors (Lipinski definition) is 0. The molecule has 0 N–H and O–H groups in total. The maximum atomic E-state index is 5.44. The predicted octanol–water partition coefficient (Wildman–Crippen LogP) is 17.9. The minimum Gasteiger partial charge on any atom is -0.309 e.